The standard InChI is InChI=1S/C23H17BrFNO5/c1-30-18-8-7-14(11-17(18)25)21(27)19-20(13-4-2-5-15(24)10-13)26(23(29)22(19)28)12-16-6-3-9-31-16/h2-11,20,27H,12H2,1H3/b21-19-. The van der Waals surface area contributed by atoms with E-state index in [9.17, 15) is 19.1 Å². The summed E-state index contributed by atoms with van der Waals surface area (Å²) in [5, 5.41) is 11.0. The molecule has 0 bridgehead atoms. The highest BCUT2D eigenvalue weighted by Crippen LogP contribution is 2.41. The maximum atomic E-state index is 14.2. The molecule has 158 valence electrons. The third kappa shape index (κ3) is 3.86. The third-order valence-electron chi connectivity index (χ3n) is 5.04. The molecule has 1 unspecified atom stereocenters. The van der Waals surface area contributed by atoms with Gasteiger partial charge in [0, 0.05) is 10.0 Å². The quantitative estimate of drug-likeness (QED) is 0.318. The number of hydrogen-bond acceptors (Lipinski definition) is 5. The summed E-state index contributed by atoms with van der Waals surface area (Å²) in [6.45, 7) is 0.0303. The molecule has 1 aliphatic heterocycles. The topological polar surface area (TPSA) is 80.0 Å². The second kappa shape index (κ2) is 8.39. The van der Waals surface area contributed by atoms with E-state index >= 15 is 0 Å². The van der Waals surface area contributed by atoms with Crippen LogP contribution in [0.15, 0.2) is 75.3 Å². The van der Waals surface area contributed by atoms with Gasteiger partial charge in [-0.25, -0.2) is 4.39 Å². The molecule has 1 aromatic heterocycles. The maximum Gasteiger partial charge on any atom is 0.296 e. The lowest BCUT2D eigenvalue weighted by molar-refractivity contribution is -0.140. The molecule has 0 saturated carbocycles. The number of ether oxygens (including phenoxy) is 1. The first kappa shape index (κ1) is 20.9. The Labute approximate surface area is 185 Å². The first-order chi connectivity index (χ1) is 14.9. The van der Waals surface area contributed by atoms with E-state index in [1.165, 1.54) is 30.4 Å². The molecule has 0 spiro atoms. The van der Waals surface area contributed by atoms with E-state index in [1.54, 1.807) is 36.4 Å². The minimum Gasteiger partial charge on any atom is -0.507 e. The van der Waals surface area contributed by atoms with Crippen molar-refractivity contribution < 1.29 is 28.2 Å². The van der Waals surface area contributed by atoms with Crippen LogP contribution in [0.2, 0.25) is 0 Å². The van der Waals surface area contributed by atoms with Crippen LogP contribution in [-0.4, -0.2) is 28.8 Å². The Morgan fingerprint density at radius 2 is 2.00 bits per heavy atom. The molecule has 6 nitrogen and oxygen atoms in total. The van der Waals surface area contributed by atoms with Crippen LogP contribution in [0.4, 0.5) is 4.39 Å². The molecule has 2 aromatic carbocycles. The summed E-state index contributed by atoms with van der Waals surface area (Å²) in [7, 11) is 1.32. The summed E-state index contributed by atoms with van der Waals surface area (Å²) in [4.78, 5) is 27.2. The average Bonchev–Trinajstić information content (AvgIpc) is 3.35. The fourth-order valence-electron chi connectivity index (χ4n) is 3.61. The van der Waals surface area contributed by atoms with Crippen molar-refractivity contribution in [2.24, 2.45) is 0 Å². The van der Waals surface area contributed by atoms with Gasteiger partial charge < -0.3 is 19.2 Å². The first-order valence-electron chi connectivity index (χ1n) is 9.31. The molecule has 1 fully saturated rings. The van der Waals surface area contributed by atoms with Crippen LogP contribution in [0.1, 0.15) is 22.9 Å². The van der Waals surface area contributed by atoms with Gasteiger partial charge in [0.2, 0.25) is 0 Å². The van der Waals surface area contributed by atoms with Gasteiger partial charge in [0.25, 0.3) is 11.7 Å². The Morgan fingerprint density at radius 1 is 1.19 bits per heavy atom. The van der Waals surface area contributed by atoms with Gasteiger partial charge in [-0.1, -0.05) is 28.1 Å². The maximum absolute atomic E-state index is 14.2. The number of benzene rings is 2. The molecule has 4 rings (SSSR count). The van der Waals surface area contributed by atoms with Crippen molar-refractivity contribution in [3.05, 3.63) is 93.6 Å². The van der Waals surface area contributed by atoms with Crippen molar-refractivity contribution in [2.75, 3.05) is 7.11 Å². The van der Waals surface area contributed by atoms with E-state index in [1.807, 2.05) is 0 Å². The molecule has 1 N–H and O–H groups in total. The lowest BCUT2D eigenvalue weighted by Gasteiger charge is -2.24. The van der Waals surface area contributed by atoms with Crippen LogP contribution in [0.5, 0.6) is 5.75 Å². The number of aliphatic hydroxyl groups excluding tert-OH is 1. The fourth-order valence-corrected chi connectivity index (χ4v) is 4.02. The predicted octanol–water partition coefficient (Wildman–Crippen LogP) is 4.81. The molecule has 1 aliphatic rings. The summed E-state index contributed by atoms with van der Waals surface area (Å²) in [5.41, 5.74) is 0.546. The normalized spacial score (nSPS) is 17.9. The largest absolute Gasteiger partial charge is 0.507 e. The van der Waals surface area contributed by atoms with E-state index < -0.39 is 29.3 Å². The summed E-state index contributed by atoms with van der Waals surface area (Å²) in [5.74, 6) is -2.32. The number of hydrogen-bond donors (Lipinski definition) is 1. The fraction of sp³-hybridized carbons (Fsp3) is 0.130. The molecule has 0 aliphatic carbocycles. The van der Waals surface area contributed by atoms with E-state index in [-0.39, 0.29) is 23.4 Å². The van der Waals surface area contributed by atoms with Crippen molar-refractivity contribution in [1.82, 2.24) is 4.90 Å². The number of nitrogens with zero attached hydrogens (tertiary/aromatic N) is 1. The van der Waals surface area contributed by atoms with Gasteiger partial charge in [0.1, 0.15) is 11.5 Å². The van der Waals surface area contributed by atoms with E-state index in [0.29, 0.717) is 11.3 Å². The van der Waals surface area contributed by atoms with E-state index in [2.05, 4.69) is 15.9 Å². The van der Waals surface area contributed by atoms with E-state index in [0.717, 1.165) is 10.5 Å². The number of likely N-dealkylation sites (tertiary alicyclic amines) is 1. The lowest BCUT2D eigenvalue weighted by Crippen LogP contribution is -2.29. The van der Waals surface area contributed by atoms with Crippen molar-refractivity contribution in [2.45, 2.75) is 12.6 Å². The molecule has 8 heteroatoms. The van der Waals surface area contributed by atoms with Crippen LogP contribution in [0.25, 0.3) is 5.76 Å². The van der Waals surface area contributed by atoms with Gasteiger partial charge in [-0.2, -0.15) is 0 Å². The number of Topliss-reactive ketones (excluding diaryl/α,β-unsaturated/α-hetero) is 1. The number of rotatable bonds is 5. The number of amides is 1. The molecule has 1 amide bonds. The Morgan fingerprint density at radius 3 is 2.65 bits per heavy atom. The van der Waals surface area contributed by atoms with Crippen molar-refractivity contribution in [3.8, 4) is 5.75 Å². The van der Waals surface area contributed by atoms with Gasteiger partial charge in [0.05, 0.1) is 31.5 Å². The number of carbonyl (C=O) groups is 2. The predicted molar refractivity (Wildman–Crippen MR) is 114 cm³/mol. The lowest BCUT2D eigenvalue weighted by atomic mass is 9.95. The summed E-state index contributed by atoms with van der Waals surface area (Å²) >= 11 is 3.40. The Balaban J connectivity index is 1.87. The average molecular weight is 486 g/mol. The van der Waals surface area contributed by atoms with Gasteiger partial charge >= 0.3 is 0 Å². The second-order valence-electron chi connectivity index (χ2n) is 6.91. The minimum absolute atomic E-state index is 0.00152. The number of ketones is 1. The number of furan rings is 1. The van der Waals surface area contributed by atoms with Gasteiger partial charge in [-0.3, -0.25) is 9.59 Å². The summed E-state index contributed by atoms with van der Waals surface area (Å²) < 4.78 is 25.2. The smallest absolute Gasteiger partial charge is 0.296 e. The van der Waals surface area contributed by atoms with Crippen LogP contribution in [0, 0.1) is 5.82 Å². The molecular weight excluding hydrogens is 469 g/mol. The highest BCUT2D eigenvalue weighted by atomic mass is 79.9. The van der Waals surface area contributed by atoms with Gasteiger partial charge in [-0.15, -0.1) is 0 Å². The molecule has 1 saturated heterocycles. The molecule has 31 heavy (non-hydrogen) atoms. The Hall–Kier alpha value is -3.39. The molecular formula is C23H17BrFNO5. The number of halogens is 2. The Kier molecular flexibility index (Phi) is 5.65. The monoisotopic (exact) mass is 485 g/mol. The van der Waals surface area contributed by atoms with Gasteiger partial charge in [-0.05, 0) is 48.0 Å². The number of carbonyl (C=O) groups excluding carboxylic acids is 2. The van der Waals surface area contributed by atoms with Crippen molar-refractivity contribution in [3.63, 3.8) is 0 Å². The van der Waals surface area contributed by atoms with Crippen LogP contribution in [0.3, 0.4) is 0 Å². The Bertz CT molecular complexity index is 1190. The minimum atomic E-state index is -0.882. The summed E-state index contributed by atoms with van der Waals surface area (Å²) in [6, 6.07) is 13.4. The first-order valence-corrected chi connectivity index (χ1v) is 10.1. The summed E-state index contributed by atoms with van der Waals surface area (Å²) in [6.07, 6.45) is 1.47. The SMILES string of the molecule is COc1ccc(/C(O)=C2/C(=O)C(=O)N(Cc3ccco3)C2c2cccc(Br)c2)cc1F. The molecule has 1 atom stereocenters. The van der Waals surface area contributed by atoms with Crippen molar-refractivity contribution >= 4 is 33.4 Å². The highest BCUT2D eigenvalue weighted by Gasteiger charge is 2.46. The number of methoxy groups -OCH3 is 1. The zero-order chi connectivity index (χ0) is 22.1. The van der Waals surface area contributed by atoms with Crippen LogP contribution in [-0.2, 0) is 16.1 Å². The van der Waals surface area contributed by atoms with E-state index in [4.69, 9.17) is 9.15 Å². The van der Waals surface area contributed by atoms with Gasteiger partial charge in [0.15, 0.2) is 11.6 Å². The van der Waals surface area contributed by atoms with Crippen LogP contribution >= 0.6 is 15.9 Å². The third-order valence-corrected chi connectivity index (χ3v) is 5.53. The zero-order valence-electron chi connectivity index (χ0n) is 16.3. The van der Waals surface area contributed by atoms with Crippen LogP contribution < -0.4 is 4.74 Å². The molecule has 0 radical (unpaired) electrons. The highest BCUT2D eigenvalue weighted by molar-refractivity contribution is 9.10. The second-order valence-corrected chi connectivity index (χ2v) is 7.83. The van der Waals surface area contributed by atoms with Crippen molar-refractivity contribution in [1.29, 1.82) is 0 Å². The molecule has 3 aromatic rings. The zero-order valence-corrected chi connectivity index (χ0v) is 17.9. The molecule has 2 heterocycles. The number of aliphatic hydroxyl groups is 1.